The number of hydrogen-bond donors (Lipinski definition) is 2. The zero-order valence-electron chi connectivity index (χ0n) is 16.3. The van der Waals surface area contributed by atoms with Crippen molar-refractivity contribution < 1.29 is 18.7 Å². The minimum Gasteiger partial charge on any atom is -0.497 e. The van der Waals surface area contributed by atoms with E-state index in [2.05, 4.69) is 20.2 Å². The predicted molar refractivity (Wildman–Crippen MR) is 114 cm³/mol. The van der Waals surface area contributed by atoms with Crippen molar-refractivity contribution >= 4 is 45.7 Å². The van der Waals surface area contributed by atoms with Crippen molar-refractivity contribution in [2.24, 2.45) is 0 Å². The topological polar surface area (TPSA) is 106 Å². The van der Waals surface area contributed by atoms with Crippen molar-refractivity contribution in [2.45, 2.75) is 13.3 Å². The Morgan fingerprint density at radius 3 is 2.57 bits per heavy atom. The largest absolute Gasteiger partial charge is 0.497 e. The van der Waals surface area contributed by atoms with Crippen LogP contribution in [-0.4, -0.2) is 28.5 Å². The molecule has 2 aromatic heterocycles. The van der Waals surface area contributed by atoms with Crippen LogP contribution in [0.2, 0.25) is 0 Å². The van der Waals surface area contributed by atoms with Crippen LogP contribution in [0.3, 0.4) is 0 Å². The molecule has 152 valence electrons. The molecule has 2 N–H and O–H groups in total. The Hall–Kier alpha value is -3.72. The van der Waals surface area contributed by atoms with Gasteiger partial charge in [-0.25, -0.2) is 0 Å². The Labute approximate surface area is 176 Å². The molecule has 0 aliphatic heterocycles. The van der Waals surface area contributed by atoms with E-state index < -0.39 is 5.91 Å². The third-order valence-corrected chi connectivity index (χ3v) is 5.25. The summed E-state index contributed by atoms with van der Waals surface area (Å²) in [7, 11) is 1.57. The summed E-state index contributed by atoms with van der Waals surface area (Å²) in [6.45, 7) is 1.90. The average molecular weight is 422 g/mol. The first-order valence-electron chi connectivity index (χ1n) is 9.20. The monoisotopic (exact) mass is 422 g/mol. The van der Waals surface area contributed by atoms with Gasteiger partial charge >= 0.3 is 0 Å². The van der Waals surface area contributed by atoms with Crippen LogP contribution < -0.4 is 15.4 Å². The number of para-hydroxylation sites is 1. The number of carbonyl (C=O) groups is 2. The van der Waals surface area contributed by atoms with E-state index in [4.69, 9.17) is 9.15 Å². The number of nitrogens with zero attached hydrogens (tertiary/aromatic N) is 2. The minimum absolute atomic E-state index is 0.0101. The molecule has 4 rings (SSSR count). The van der Waals surface area contributed by atoms with Gasteiger partial charge in [0.1, 0.15) is 21.9 Å². The smallest absolute Gasteiger partial charge is 0.293 e. The molecule has 2 aromatic carbocycles. The number of amides is 2. The van der Waals surface area contributed by atoms with E-state index in [1.54, 1.807) is 49.6 Å². The number of rotatable bonds is 6. The zero-order chi connectivity index (χ0) is 21.1. The fourth-order valence-corrected chi connectivity index (χ4v) is 3.62. The van der Waals surface area contributed by atoms with Crippen molar-refractivity contribution in [2.75, 3.05) is 17.7 Å². The van der Waals surface area contributed by atoms with E-state index >= 15 is 0 Å². The summed E-state index contributed by atoms with van der Waals surface area (Å²) in [6.07, 6.45) is 0.580. The van der Waals surface area contributed by atoms with Gasteiger partial charge in [-0.1, -0.05) is 23.5 Å². The standard InChI is InChI=1S/C21H18N4O4S/c1-3-15-19(30-25-24-15)21(27)23-17-14-6-4-5-7-16(14)29-18(17)20(26)22-12-8-10-13(28-2)11-9-12/h4-11H,3H2,1-2H3,(H,22,26)(H,23,27). The Balaban J connectivity index is 1.67. The van der Waals surface area contributed by atoms with E-state index in [-0.39, 0.29) is 11.7 Å². The van der Waals surface area contributed by atoms with Crippen LogP contribution in [0.5, 0.6) is 5.75 Å². The maximum atomic E-state index is 12.9. The van der Waals surface area contributed by atoms with E-state index in [1.807, 2.05) is 13.0 Å². The van der Waals surface area contributed by atoms with Crippen molar-refractivity contribution in [3.8, 4) is 5.75 Å². The van der Waals surface area contributed by atoms with Crippen molar-refractivity contribution in [3.05, 3.63) is 64.9 Å². The Bertz CT molecular complexity index is 1210. The van der Waals surface area contributed by atoms with Crippen LogP contribution in [0.25, 0.3) is 11.0 Å². The molecule has 0 saturated carbocycles. The fraction of sp³-hybridized carbons (Fsp3) is 0.143. The van der Waals surface area contributed by atoms with E-state index in [0.717, 1.165) is 11.5 Å². The summed E-state index contributed by atoms with van der Waals surface area (Å²) in [6, 6.07) is 14.0. The molecule has 0 atom stereocenters. The van der Waals surface area contributed by atoms with Gasteiger partial charge in [0, 0.05) is 11.1 Å². The number of fused-ring (bicyclic) bond motifs is 1. The van der Waals surface area contributed by atoms with E-state index in [0.29, 0.717) is 45.1 Å². The number of ether oxygens (including phenoxy) is 1. The van der Waals surface area contributed by atoms with Gasteiger partial charge in [0.05, 0.1) is 12.8 Å². The molecule has 0 aliphatic rings. The first kappa shape index (κ1) is 19.6. The second-order valence-electron chi connectivity index (χ2n) is 6.34. The van der Waals surface area contributed by atoms with Crippen LogP contribution in [0.15, 0.2) is 52.9 Å². The number of aromatic nitrogens is 2. The fourth-order valence-electron chi connectivity index (χ4n) is 2.97. The highest BCUT2D eigenvalue weighted by atomic mass is 32.1. The molecule has 9 heteroatoms. The Morgan fingerprint density at radius 1 is 1.07 bits per heavy atom. The molecule has 4 aromatic rings. The third-order valence-electron chi connectivity index (χ3n) is 4.48. The van der Waals surface area contributed by atoms with Gasteiger partial charge in [0.15, 0.2) is 0 Å². The number of aryl methyl sites for hydroxylation is 1. The summed E-state index contributed by atoms with van der Waals surface area (Å²) in [5.41, 5.74) is 1.97. The molecule has 2 heterocycles. The van der Waals surface area contributed by atoms with Crippen LogP contribution in [0, 0.1) is 0 Å². The van der Waals surface area contributed by atoms with E-state index in [1.165, 1.54) is 0 Å². The average Bonchev–Trinajstić information content (AvgIpc) is 3.39. The first-order chi connectivity index (χ1) is 14.6. The lowest BCUT2D eigenvalue weighted by Crippen LogP contribution is -2.17. The summed E-state index contributed by atoms with van der Waals surface area (Å²) < 4.78 is 14.8. The predicted octanol–water partition coefficient (Wildman–Crippen LogP) is 4.36. The number of methoxy groups -OCH3 is 1. The van der Waals surface area contributed by atoms with Gasteiger partial charge in [-0.05, 0) is 54.4 Å². The molecular formula is C21H18N4O4S. The number of benzene rings is 2. The second-order valence-corrected chi connectivity index (χ2v) is 7.10. The number of furan rings is 1. The van der Waals surface area contributed by atoms with Crippen LogP contribution in [0.4, 0.5) is 11.4 Å². The molecule has 0 radical (unpaired) electrons. The van der Waals surface area contributed by atoms with Crippen LogP contribution >= 0.6 is 11.5 Å². The van der Waals surface area contributed by atoms with Crippen molar-refractivity contribution in [1.82, 2.24) is 9.59 Å². The lowest BCUT2D eigenvalue weighted by Gasteiger charge is -2.07. The summed E-state index contributed by atoms with van der Waals surface area (Å²) in [5, 5.41) is 10.2. The van der Waals surface area contributed by atoms with Crippen molar-refractivity contribution in [3.63, 3.8) is 0 Å². The maximum Gasteiger partial charge on any atom is 0.293 e. The van der Waals surface area contributed by atoms with Gasteiger partial charge in [-0.15, -0.1) is 5.10 Å². The molecule has 0 unspecified atom stereocenters. The zero-order valence-corrected chi connectivity index (χ0v) is 17.1. The van der Waals surface area contributed by atoms with Crippen LogP contribution in [-0.2, 0) is 6.42 Å². The quantitative estimate of drug-likeness (QED) is 0.478. The molecule has 2 amide bonds. The molecule has 0 fully saturated rings. The number of anilines is 2. The van der Waals surface area contributed by atoms with Gasteiger partial charge < -0.3 is 19.8 Å². The summed E-state index contributed by atoms with van der Waals surface area (Å²) >= 11 is 1.01. The van der Waals surface area contributed by atoms with Gasteiger partial charge in [-0.3, -0.25) is 9.59 Å². The van der Waals surface area contributed by atoms with Gasteiger partial charge in [0.2, 0.25) is 5.76 Å². The minimum atomic E-state index is -0.482. The molecule has 30 heavy (non-hydrogen) atoms. The highest BCUT2D eigenvalue weighted by Crippen LogP contribution is 2.32. The molecule has 8 nitrogen and oxygen atoms in total. The lowest BCUT2D eigenvalue weighted by molar-refractivity contribution is 0.0999. The van der Waals surface area contributed by atoms with E-state index in [9.17, 15) is 9.59 Å². The Kier molecular flexibility index (Phi) is 5.44. The highest BCUT2D eigenvalue weighted by Gasteiger charge is 2.24. The molecule has 0 spiro atoms. The second kappa shape index (κ2) is 8.34. The normalized spacial score (nSPS) is 10.7. The molecule has 0 saturated heterocycles. The molecular weight excluding hydrogens is 404 g/mol. The van der Waals surface area contributed by atoms with Gasteiger partial charge in [0.25, 0.3) is 11.8 Å². The Morgan fingerprint density at radius 2 is 1.83 bits per heavy atom. The third kappa shape index (κ3) is 3.74. The summed E-state index contributed by atoms with van der Waals surface area (Å²) in [4.78, 5) is 26.2. The number of hydrogen-bond acceptors (Lipinski definition) is 7. The maximum absolute atomic E-state index is 12.9. The van der Waals surface area contributed by atoms with Gasteiger partial charge in [-0.2, -0.15) is 0 Å². The number of nitrogens with one attached hydrogen (secondary N) is 2. The molecule has 0 bridgehead atoms. The summed E-state index contributed by atoms with van der Waals surface area (Å²) in [5.74, 6) is -0.179. The number of carbonyl (C=O) groups excluding carboxylic acids is 2. The lowest BCUT2D eigenvalue weighted by atomic mass is 10.2. The first-order valence-corrected chi connectivity index (χ1v) is 9.97. The van der Waals surface area contributed by atoms with Crippen LogP contribution in [0.1, 0.15) is 32.8 Å². The SMILES string of the molecule is CCc1nnsc1C(=O)Nc1c(C(=O)Nc2ccc(OC)cc2)oc2ccccc12. The molecule has 0 aliphatic carbocycles. The van der Waals surface area contributed by atoms with Crippen molar-refractivity contribution in [1.29, 1.82) is 0 Å². The highest BCUT2D eigenvalue weighted by molar-refractivity contribution is 7.08.